The number of hydrogen-bond donors (Lipinski definition) is 4. The molecule has 0 saturated carbocycles. The Morgan fingerprint density at radius 3 is 2.57 bits per heavy atom. The number of nitrogens with one attached hydrogen (secondary N) is 2. The van der Waals surface area contributed by atoms with Gasteiger partial charge in [-0.05, 0) is 31.5 Å². The van der Waals surface area contributed by atoms with E-state index in [4.69, 9.17) is 10.9 Å². The van der Waals surface area contributed by atoms with Crippen LogP contribution < -0.4 is 21.5 Å². The predicted molar refractivity (Wildman–Crippen MR) is 83.2 cm³/mol. The Hall–Kier alpha value is -1.80. The van der Waals surface area contributed by atoms with Gasteiger partial charge in [0.2, 0.25) is 15.9 Å². The van der Waals surface area contributed by atoms with Crippen molar-refractivity contribution in [1.82, 2.24) is 5.32 Å². The Bertz CT molecular complexity index is 601. The van der Waals surface area contributed by atoms with Crippen molar-refractivity contribution in [3.05, 3.63) is 18.2 Å². The zero-order chi connectivity index (χ0) is 16.0. The summed E-state index contributed by atoms with van der Waals surface area (Å²) in [4.78, 5) is 11.5. The topological polar surface area (TPSA) is 127 Å². The van der Waals surface area contributed by atoms with Gasteiger partial charge in [-0.1, -0.05) is 6.92 Å². The minimum atomic E-state index is -3.81. The summed E-state index contributed by atoms with van der Waals surface area (Å²) in [6.45, 7) is 4.29. The van der Waals surface area contributed by atoms with Crippen LogP contribution in [0.15, 0.2) is 23.1 Å². The highest BCUT2D eigenvalue weighted by Gasteiger charge is 2.10. The van der Waals surface area contributed by atoms with Crippen LogP contribution in [0, 0.1) is 0 Å². The van der Waals surface area contributed by atoms with Gasteiger partial charge < -0.3 is 16.4 Å². The maximum atomic E-state index is 11.6. The van der Waals surface area contributed by atoms with Gasteiger partial charge in [0.15, 0.2) is 0 Å². The van der Waals surface area contributed by atoms with E-state index in [1.165, 1.54) is 12.1 Å². The molecule has 8 heteroatoms. The van der Waals surface area contributed by atoms with E-state index in [2.05, 4.69) is 10.6 Å². The van der Waals surface area contributed by atoms with Gasteiger partial charge >= 0.3 is 0 Å². The molecule has 0 radical (unpaired) electrons. The Labute approximate surface area is 125 Å². The normalized spacial score (nSPS) is 12.7. The van der Waals surface area contributed by atoms with E-state index in [9.17, 15) is 13.2 Å². The molecule has 0 bridgehead atoms. The first kappa shape index (κ1) is 17.3. The summed E-state index contributed by atoms with van der Waals surface area (Å²) >= 11 is 0. The van der Waals surface area contributed by atoms with Crippen LogP contribution in [-0.2, 0) is 14.8 Å². The molecule has 0 aliphatic heterocycles. The van der Waals surface area contributed by atoms with Gasteiger partial charge in [-0.15, -0.1) is 0 Å². The van der Waals surface area contributed by atoms with Gasteiger partial charge in [-0.3, -0.25) is 4.79 Å². The summed E-state index contributed by atoms with van der Waals surface area (Å²) in [7, 11) is -3.81. The van der Waals surface area contributed by atoms with Crippen LogP contribution in [-0.4, -0.2) is 26.9 Å². The number of primary sulfonamides is 1. The average Bonchev–Trinajstić information content (AvgIpc) is 2.36. The highest BCUT2D eigenvalue weighted by Crippen LogP contribution is 2.19. The third-order valence-corrected chi connectivity index (χ3v) is 3.85. The summed E-state index contributed by atoms with van der Waals surface area (Å²) in [6.07, 6.45) is 1.15. The zero-order valence-electron chi connectivity index (χ0n) is 12.2. The fraction of sp³-hybridized carbons (Fsp3) is 0.462. The van der Waals surface area contributed by atoms with E-state index in [0.717, 1.165) is 6.42 Å². The molecular formula is C13H22N4O3S. The van der Waals surface area contributed by atoms with Gasteiger partial charge in [0.05, 0.1) is 4.90 Å². The van der Waals surface area contributed by atoms with Crippen LogP contribution in [0.1, 0.15) is 26.7 Å². The molecule has 1 aromatic rings. The standard InChI is InChI=1S/C13H22N4O3S/c1-3-9(2)17-13(18)4-5-16-11-6-10(14)7-12(8-11)21(15,19)20/h6-9,16H,3-5,14H2,1-2H3,(H,17,18)(H2,15,19,20). The molecule has 21 heavy (non-hydrogen) atoms. The maximum Gasteiger partial charge on any atom is 0.238 e. The molecule has 0 heterocycles. The summed E-state index contributed by atoms with van der Waals surface area (Å²) < 4.78 is 22.6. The fourth-order valence-corrected chi connectivity index (χ4v) is 2.25. The average molecular weight is 314 g/mol. The molecule has 0 saturated heterocycles. The minimum absolute atomic E-state index is 0.0611. The highest BCUT2D eigenvalue weighted by molar-refractivity contribution is 7.89. The Balaban J connectivity index is 2.60. The van der Waals surface area contributed by atoms with Crippen LogP contribution in [0.4, 0.5) is 11.4 Å². The molecule has 0 fully saturated rings. The third-order valence-electron chi connectivity index (χ3n) is 2.96. The Morgan fingerprint density at radius 2 is 2.00 bits per heavy atom. The number of sulfonamides is 1. The zero-order valence-corrected chi connectivity index (χ0v) is 13.0. The van der Waals surface area contributed by atoms with E-state index in [1.54, 1.807) is 6.07 Å². The van der Waals surface area contributed by atoms with E-state index in [0.29, 0.717) is 12.2 Å². The smallest absolute Gasteiger partial charge is 0.238 e. The number of hydrogen-bond acceptors (Lipinski definition) is 5. The SMILES string of the molecule is CCC(C)NC(=O)CCNc1cc(N)cc(S(N)(=O)=O)c1. The van der Waals surface area contributed by atoms with Crippen LogP contribution >= 0.6 is 0 Å². The molecule has 1 aromatic carbocycles. The third kappa shape index (κ3) is 6.01. The van der Waals surface area contributed by atoms with Crippen molar-refractivity contribution in [1.29, 1.82) is 0 Å². The number of amides is 1. The summed E-state index contributed by atoms with van der Waals surface area (Å²) in [5.74, 6) is -0.0626. The summed E-state index contributed by atoms with van der Waals surface area (Å²) in [5.41, 5.74) is 6.43. The number of benzene rings is 1. The lowest BCUT2D eigenvalue weighted by Gasteiger charge is -2.12. The van der Waals surface area contributed by atoms with Crippen LogP contribution in [0.2, 0.25) is 0 Å². The molecule has 6 N–H and O–H groups in total. The second-order valence-corrected chi connectivity index (χ2v) is 6.45. The number of carbonyl (C=O) groups is 1. The van der Waals surface area contributed by atoms with Crippen molar-refractivity contribution in [2.24, 2.45) is 5.14 Å². The van der Waals surface area contributed by atoms with Gasteiger partial charge in [-0.25, -0.2) is 13.6 Å². The molecule has 1 unspecified atom stereocenters. The first-order chi connectivity index (χ1) is 9.72. The lowest BCUT2D eigenvalue weighted by Crippen LogP contribution is -2.32. The lowest BCUT2D eigenvalue weighted by molar-refractivity contribution is -0.121. The highest BCUT2D eigenvalue weighted by atomic mass is 32.2. The summed E-state index contributed by atoms with van der Waals surface area (Å²) in [6, 6.07) is 4.40. The first-order valence-electron chi connectivity index (χ1n) is 6.69. The molecule has 118 valence electrons. The minimum Gasteiger partial charge on any atom is -0.399 e. The quantitative estimate of drug-likeness (QED) is 0.549. The predicted octanol–water partition coefficient (Wildman–Crippen LogP) is 0.633. The monoisotopic (exact) mass is 314 g/mol. The van der Waals surface area contributed by atoms with E-state index < -0.39 is 10.0 Å². The van der Waals surface area contributed by atoms with Crippen molar-refractivity contribution in [3.8, 4) is 0 Å². The van der Waals surface area contributed by atoms with Crippen molar-refractivity contribution in [2.75, 3.05) is 17.6 Å². The number of nitrogen functional groups attached to an aromatic ring is 1. The molecule has 7 nitrogen and oxygen atoms in total. The largest absolute Gasteiger partial charge is 0.399 e. The number of anilines is 2. The van der Waals surface area contributed by atoms with Crippen molar-refractivity contribution in [2.45, 2.75) is 37.6 Å². The molecule has 1 rings (SSSR count). The van der Waals surface area contributed by atoms with Gasteiger partial charge in [-0.2, -0.15) is 0 Å². The molecule has 0 aliphatic carbocycles. The Kier molecular flexibility index (Phi) is 5.98. The maximum absolute atomic E-state index is 11.6. The Morgan fingerprint density at radius 1 is 1.33 bits per heavy atom. The molecular weight excluding hydrogens is 292 g/mol. The van der Waals surface area contributed by atoms with Gasteiger partial charge in [0.1, 0.15) is 0 Å². The van der Waals surface area contributed by atoms with E-state index in [1.807, 2.05) is 13.8 Å². The number of rotatable bonds is 7. The molecule has 0 aromatic heterocycles. The van der Waals surface area contributed by atoms with Gasteiger partial charge in [0.25, 0.3) is 0 Å². The van der Waals surface area contributed by atoms with E-state index >= 15 is 0 Å². The second kappa shape index (κ2) is 7.28. The fourth-order valence-electron chi connectivity index (χ4n) is 1.66. The number of carbonyl (C=O) groups excluding carboxylic acids is 1. The van der Waals surface area contributed by atoms with E-state index in [-0.39, 0.29) is 29.0 Å². The summed E-state index contributed by atoms with van der Waals surface area (Å²) in [5, 5.41) is 10.9. The van der Waals surface area contributed by atoms with Gasteiger partial charge in [0, 0.05) is 30.4 Å². The van der Waals surface area contributed by atoms with Crippen molar-refractivity contribution in [3.63, 3.8) is 0 Å². The molecule has 1 atom stereocenters. The second-order valence-electron chi connectivity index (χ2n) is 4.89. The molecule has 1 amide bonds. The van der Waals surface area contributed by atoms with Crippen molar-refractivity contribution < 1.29 is 13.2 Å². The van der Waals surface area contributed by atoms with Crippen molar-refractivity contribution >= 4 is 27.3 Å². The number of nitrogens with two attached hydrogens (primary N) is 2. The van der Waals surface area contributed by atoms with Crippen LogP contribution in [0.3, 0.4) is 0 Å². The first-order valence-corrected chi connectivity index (χ1v) is 8.23. The lowest BCUT2D eigenvalue weighted by atomic mass is 10.2. The molecule has 0 spiro atoms. The molecule has 0 aliphatic rings. The van der Waals surface area contributed by atoms with Crippen LogP contribution in [0.5, 0.6) is 0 Å². The van der Waals surface area contributed by atoms with Crippen LogP contribution in [0.25, 0.3) is 0 Å².